The number of furan rings is 1. The summed E-state index contributed by atoms with van der Waals surface area (Å²) in [5, 5.41) is 12.1. The van der Waals surface area contributed by atoms with Crippen LogP contribution in [0, 0.1) is 0 Å². The lowest BCUT2D eigenvalue weighted by Crippen LogP contribution is -2.38. The molecule has 0 bridgehead atoms. The van der Waals surface area contributed by atoms with Gasteiger partial charge in [0.2, 0.25) is 5.78 Å². The molecular formula is C26H27ClN2O5. The zero-order valence-electron chi connectivity index (χ0n) is 19.4. The third-order valence-electron chi connectivity index (χ3n) is 6.24. The van der Waals surface area contributed by atoms with Crippen LogP contribution in [0.4, 0.5) is 0 Å². The van der Waals surface area contributed by atoms with Gasteiger partial charge in [0.25, 0.3) is 5.91 Å². The van der Waals surface area contributed by atoms with E-state index in [1.807, 2.05) is 13.8 Å². The van der Waals surface area contributed by atoms with Crippen LogP contribution < -0.4 is 4.74 Å². The van der Waals surface area contributed by atoms with Crippen LogP contribution in [0.2, 0.25) is 5.02 Å². The molecular weight excluding hydrogens is 456 g/mol. The van der Waals surface area contributed by atoms with E-state index in [-0.39, 0.29) is 11.3 Å². The summed E-state index contributed by atoms with van der Waals surface area (Å²) >= 11 is 6.08. The van der Waals surface area contributed by atoms with Crippen LogP contribution in [0.1, 0.15) is 36.0 Å². The predicted molar refractivity (Wildman–Crippen MR) is 130 cm³/mol. The number of hydrogen-bond donors (Lipinski definition) is 1. The average molecular weight is 483 g/mol. The van der Waals surface area contributed by atoms with Crippen LogP contribution in [0.5, 0.6) is 5.75 Å². The molecule has 0 spiro atoms. The smallest absolute Gasteiger partial charge is 0.290 e. The maximum Gasteiger partial charge on any atom is 0.290 e. The minimum Gasteiger partial charge on any atom is -0.503 e. The van der Waals surface area contributed by atoms with Gasteiger partial charge in [-0.25, -0.2) is 0 Å². The number of carbonyl (C=O) groups excluding carboxylic acids is 2. The van der Waals surface area contributed by atoms with Crippen molar-refractivity contribution in [1.82, 2.24) is 9.80 Å². The lowest BCUT2D eigenvalue weighted by atomic mass is 9.95. The van der Waals surface area contributed by atoms with Gasteiger partial charge in [-0.15, -0.1) is 0 Å². The molecule has 0 fully saturated rings. The first-order valence-electron chi connectivity index (χ1n) is 11.2. The molecule has 0 unspecified atom stereocenters. The van der Waals surface area contributed by atoms with Crippen LogP contribution in [-0.2, 0) is 4.79 Å². The quantitative estimate of drug-likeness (QED) is 0.431. The first-order chi connectivity index (χ1) is 16.4. The number of Topliss-reactive ketones (excluding diaryl/α,β-unsaturated/α-hetero) is 1. The van der Waals surface area contributed by atoms with Crippen molar-refractivity contribution in [2.45, 2.75) is 19.9 Å². The molecule has 1 atom stereocenters. The van der Waals surface area contributed by atoms with Gasteiger partial charge in [-0.05, 0) is 42.9 Å². The van der Waals surface area contributed by atoms with Crippen molar-refractivity contribution in [1.29, 1.82) is 0 Å². The first kappa shape index (κ1) is 23.9. The number of likely N-dealkylation sites (N-methyl/N-ethyl adjacent to an activating group) is 1. The molecule has 1 aromatic heterocycles. The summed E-state index contributed by atoms with van der Waals surface area (Å²) in [6.07, 6.45) is 0. The Balaban J connectivity index is 1.76. The van der Waals surface area contributed by atoms with Crippen LogP contribution in [-0.4, -0.2) is 59.9 Å². The molecule has 34 heavy (non-hydrogen) atoms. The highest BCUT2D eigenvalue weighted by molar-refractivity contribution is 6.30. The van der Waals surface area contributed by atoms with Gasteiger partial charge in [0.1, 0.15) is 0 Å². The summed E-state index contributed by atoms with van der Waals surface area (Å²) in [4.78, 5) is 30.5. The molecule has 1 amide bonds. The fourth-order valence-electron chi connectivity index (χ4n) is 4.34. The molecule has 1 aliphatic rings. The highest BCUT2D eigenvalue weighted by Gasteiger charge is 2.44. The van der Waals surface area contributed by atoms with Crippen LogP contribution in [0.15, 0.2) is 64.3 Å². The largest absolute Gasteiger partial charge is 0.503 e. The lowest BCUT2D eigenvalue weighted by Gasteiger charge is -2.29. The van der Waals surface area contributed by atoms with Crippen LogP contribution >= 0.6 is 11.6 Å². The second-order valence-electron chi connectivity index (χ2n) is 8.06. The van der Waals surface area contributed by atoms with Crippen LogP contribution in [0.3, 0.4) is 0 Å². The van der Waals surface area contributed by atoms with Gasteiger partial charge in [-0.1, -0.05) is 49.7 Å². The van der Waals surface area contributed by atoms with Crippen molar-refractivity contribution in [3.63, 3.8) is 0 Å². The average Bonchev–Trinajstić information content (AvgIpc) is 3.39. The summed E-state index contributed by atoms with van der Waals surface area (Å²) in [5.74, 6) is -1.17. The van der Waals surface area contributed by atoms with Gasteiger partial charge in [0, 0.05) is 23.5 Å². The van der Waals surface area contributed by atoms with Gasteiger partial charge >= 0.3 is 0 Å². The Hall–Kier alpha value is -3.29. The molecule has 8 heteroatoms. The number of carbonyl (C=O) groups is 2. The molecule has 1 N–H and O–H groups in total. The Morgan fingerprint density at radius 1 is 1.18 bits per heavy atom. The fraction of sp³-hybridized carbons (Fsp3) is 0.308. The van der Waals surface area contributed by atoms with E-state index in [9.17, 15) is 14.7 Å². The molecule has 178 valence electrons. The number of methoxy groups -OCH3 is 1. The normalized spacial score (nSPS) is 16.2. The molecule has 0 saturated carbocycles. The number of ketones is 1. The first-order valence-corrected chi connectivity index (χ1v) is 11.6. The monoisotopic (exact) mass is 482 g/mol. The Bertz CT molecular complexity index is 1240. The van der Waals surface area contributed by atoms with Crippen molar-refractivity contribution in [3.8, 4) is 5.75 Å². The van der Waals surface area contributed by atoms with E-state index in [2.05, 4.69) is 4.90 Å². The third-order valence-corrected chi connectivity index (χ3v) is 6.49. The van der Waals surface area contributed by atoms with Gasteiger partial charge < -0.3 is 24.1 Å². The summed E-state index contributed by atoms with van der Waals surface area (Å²) in [7, 11) is 1.52. The molecule has 0 aliphatic carbocycles. The lowest BCUT2D eigenvalue weighted by molar-refractivity contribution is -0.129. The Morgan fingerprint density at radius 2 is 1.88 bits per heavy atom. The maximum atomic E-state index is 13.7. The summed E-state index contributed by atoms with van der Waals surface area (Å²) in [5.41, 5.74) is 1.10. The van der Waals surface area contributed by atoms with E-state index in [1.165, 1.54) is 12.0 Å². The van der Waals surface area contributed by atoms with E-state index >= 15 is 0 Å². The molecule has 4 rings (SSSR count). The molecule has 3 aromatic rings. The number of halogens is 1. The minimum absolute atomic E-state index is 0.00936. The summed E-state index contributed by atoms with van der Waals surface area (Å²) < 4.78 is 11.2. The van der Waals surface area contributed by atoms with Gasteiger partial charge in [-0.2, -0.15) is 0 Å². The number of aliphatic hydroxyl groups is 1. The van der Waals surface area contributed by atoms with Crippen molar-refractivity contribution in [2.75, 3.05) is 33.3 Å². The Kier molecular flexibility index (Phi) is 6.95. The fourth-order valence-corrected chi connectivity index (χ4v) is 4.46. The number of para-hydroxylation sites is 1. The molecule has 0 radical (unpaired) electrons. The van der Waals surface area contributed by atoms with E-state index < -0.39 is 23.5 Å². The zero-order chi connectivity index (χ0) is 24.4. The minimum atomic E-state index is -0.761. The standard InChI is InChI=1S/C26H27ClN2O5/c1-4-28(5-2)13-14-29-22(16-9-11-18(27)12-10-16)21(24(31)26(29)32)23(30)20-15-17-7-6-8-19(33-3)25(17)34-20/h6-12,15,22,31H,4-5,13-14H2,1-3H3/t22-/m0/s1. The van der Waals surface area contributed by atoms with E-state index in [0.717, 1.165) is 13.1 Å². The molecule has 0 saturated heterocycles. The Morgan fingerprint density at radius 3 is 2.53 bits per heavy atom. The number of nitrogens with zero attached hydrogens (tertiary/aromatic N) is 2. The molecule has 2 heterocycles. The van der Waals surface area contributed by atoms with Gasteiger partial charge in [0.15, 0.2) is 22.9 Å². The highest BCUT2D eigenvalue weighted by atomic mass is 35.5. The van der Waals surface area contributed by atoms with Gasteiger partial charge in [-0.3, -0.25) is 9.59 Å². The van der Waals surface area contributed by atoms with E-state index in [0.29, 0.717) is 40.4 Å². The predicted octanol–water partition coefficient (Wildman–Crippen LogP) is 5.01. The van der Waals surface area contributed by atoms with Crippen LogP contribution in [0.25, 0.3) is 11.0 Å². The number of amides is 1. The van der Waals surface area contributed by atoms with Crippen molar-refractivity contribution in [3.05, 3.63) is 76.2 Å². The molecule has 2 aromatic carbocycles. The summed E-state index contributed by atoms with van der Waals surface area (Å²) in [6.45, 7) is 6.72. The summed E-state index contributed by atoms with van der Waals surface area (Å²) in [6, 6.07) is 13.1. The SMILES string of the molecule is CCN(CC)CCN1C(=O)C(O)=C(C(=O)c2cc3cccc(OC)c3o2)[C@@H]1c1ccc(Cl)cc1. The highest BCUT2D eigenvalue weighted by Crippen LogP contribution is 2.40. The number of rotatable bonds is 9. The second-order valence-corrected chi connectivity index (χ2v) is 8.50. The molecule has 1 aliphatic heterocycles. The van der Waals surface area contributed by atoms with E-state index in [1.54, 1.807) is 48.5 Å². The topological polar surface area (TPSA) is 83.2 Å². The number of aliphatic hydroxyl groups excluding tert-OH is 1. The van der Waals surface area contributed by atoms with Crippen molar-refractivity contribution >= 4 is 34.3 Å². The van der Waals surface area contributed by atoms with Crippen molar-refractivity contribution in [2.24, 2.45) is 0 Å². The van der Waals surface area contributed by atoms with Crippen molar-refractivity contribution < 1.29 is 23.8 Å². The third kappa shape index (κ3) is 4.29. The molecule has 7 nitrogen and oxygen atoms in total. The number of hydrogen-bond acceptors (Lipinski definition) is 6. The Labute approximate surface area is 203 Å². The maximum absolute atomic E-state index is 13.7. The van der Waals surface area contributed by atoms with Gasteiger partial charge in [0.05, 0.1) is 18.7 Å². The van der Waals surface area contributed by atoms with E-state index in [4.69, 9.17) is 20.8 Å². The zero-order valence-corrected chi connectivity index (χ0v) is 20.1. The number of fused-ring (bicyclic) bond motifs is 1. The number of ether oxygens (including phenoxy) is 1. The second kappa shape index (κ2) is 9.91. The number of benzene rings is 2.